The van der Waals surface area contributed by atoms with Crippen molar-refractivity contribution < 1.29 is 14.2 Å². The Balaban J connectivity index is 1.55. The molecule has 5 aromatic carbocycles. The highest BCUT2D eigenvalue weighted by Gasteiger charge is 2.15. The molecule has 4 heteroatoms. The summed E-state index contributed by atoms with van der Waals surface area (Å²) < 4.78 is 17.7. The van der Waals surface area contributed by atoms with E-state index in [1.807, 2.05) is 127 Å². The van der Waals surface area contributed by atoms with Gasteiger partial charge in [0, 0.05) is 11.1 Å². The van der Waals surface area contributed by atoms with Crippen LogP contribution in [0.25, 0.3) is 11.1 Å². The van der Waals surface area contributed by atoms with E-state index in [0.717, 1.165) is 44.8 Å². The summed E-state index contributed by atoms with van der Waals surface area (Å²) in [5.41, 5.74) is 6.10. The van der Waals surface area contributed by atoms with E-state index in [-0.39, 0.29) is 0 Å². The molecule has 0 heterocycles. The Morgan fingerprint density at radius 2 is 1.10 bits per heavy atom. The highest BCUT2D eigenvalue weighted by atomic mass is 16.5. The molecule has 0 saturated carbocycles. The fraction of sp³-hybridized carbons (Fsp3) is 0.0556. The quantitative estimate of drug-likeness (QED) is 0.181. The predicted octanol–water partition coefficient (Wildman–Crippen LogP) is 8.99. The molecule has 5 rings (SSSR count). The van der Waals surface area contributed by atoms with E-state index in [1.54, 1.807) is 14.2 Å². The highest BCUT2D eigenvalue weighted by Crippen LogP contribution is 2.37. The van der Waals surface area contributed by atoms with Gasteiger partial charge in [0.25, 0.3) is 0 Å². The number of methoxy groups -OCH3 is 2. The lowest BCUT2D eigenvalue weighted by atomic mass is 9.98. The fourth-order valence-corrected chi connectivity index (χ4v) is 4.37. The predicted molar refractivity (Wildman–Crippen MR) is 163 cm³/mol. The summed E-state index contributed by atoms with van der Waals surface area (Å²) in [6, 6.07) is 41.2. The largest absolute Gasteiger partial charge is 0.496 e. The van der Waals surface area contributed by atoms with Gasteiger partial charge in [0.15, 0.2) is 0 Å². The van der Waals surface area contributed by atoms with Crippen LogP contribution in [-0.4, -0.2) is 20.1 Å². The number of nitrogens with zero attached hydrogens (tertiary/aromatic N) is 1. The monoisotopic (exact) mass is 523 g/mol. The van der Waals surface area contributed by atoms with Gasteiger partial charge in [-0.1, -0.05) is 85.4 Å². The second-order valence-electron chi connectivity index (χ2n) is 8.97. The molecule has 0 aliphatic rings. The molecule has 0 atom stereocenters. The first-order valence-electron chi connectivity index (χ1n) is 12.9. The molecule has 5 aromatic rings. The van der Waals surface area contributed by atoms with E-state index in [9.17, 15) is 0 Å². The summed E-state index contributed by atoms with van der Waals surface area (Å²) in [5, 5.41) is 0. The Morgan fingerprint density at radius 3 is 1.68 bits per heavy atom. The summed E-state index contributed by atoms with van der Waals surface area (Å²) >= 11 is 0. The van der Waals surface area contributed by atoms with Gasteiger partial charge in [-0.3, -0.25) is 0 Å². The van der Waals surface area contributed by atoms with Crippen molar-refractivity contribution in [1.82, 2.24) is 0 Å². The third-order valence-corrected chi connectivity index (χ3v) is 6.41. The second kappa shape index (κ2) is 12.5. The zero-order chi connectivity index (χ0) is 27.7. The van der Waals surface area contributed by atoms with Crippen LogP contribution in [-0.2, 0) is 0 Å². The van der Waals surface area contributed by atoms with Crippen molar-refractivity contribution in [1.29, 1.82) is 0 Å². The van der Waals surface area contributed by atoms with Gasteiger partial charge in [0.1, 0.15) is 23.0 Å². The number of para-hydroxylation sites is 1. The minimum absolute atomic E-state index is 0.646. The molecule has 0 radical (unpaired) electrons. The minimum Gasteiger partial charge on any atom is -0.496 e. The molecule has 0 saturated heterocycles. The van der Waals surface area contributed by atoms with Crippen molar-refractivity contribution in [2.75, 3.05) is 14.2 Å². The Labute approximate surface area is 235 Å². The van der Waals surface area contributed by atoms with Gasteiger partial charge < -0.3 is 14.2 Å². The maximum absolute atomic E-state index is 6.37. The van der Waals surface area contributed by atoms with Gasteiger partial charge in [-0.15, -0.1) is 0 Å². The van der Waals surface area contributed by atoms with Crippen LogP contribution in [0.1, 0.15) is 22.3 Å². The van der Waals surface area contributed by atoms with E-state index in [1.165, 1.54) is 0 Å². The lowest BCUT2D eigenvalue weighted by Gasteiger charge is -2.16. The summed E-state index contributed by atoms with van der Waals surface area (Å²) in [5.74, 6) is 5.99. The molecular weight excluding hydrogens is 494 g/mol. The molecule has 0 bridgehead atoms. The van der Waals surface area contributed by atoms with Crippen LogP contribution >= 0.6 is 0 Å². The van der Waals surface area contributed by atoms with Crippen molar-refractivity contribution >= 4 is 22.7 Å². The standard InChI is InChI=1S/C36H29NO3/c1-26(27-13-7-4-8-14-27)32-23-30(19-21-35(32)38-2)40-31-20-22-36(39-3)33(24-31)34(28-15-9-5-10-16-28)25-37-29-17-11-6-12-18-29/h4-24H,1H2,2-3H3. The molecule has 0 aliphatic heterocycles. The zero-order valence-electron chi connectivity index (χ0n) is 22.5. The van der Waals surface area contributed by atoms with Crippen molar-refractivity contribution in [3.63, 3.8) is 0 Å². The molecule has 4 nitrogen and oxygen atoms in total. The van der Waals surface area contributed by atoms with Crippen molar-refractivity contribution in [3.8, 4) is 23.0 Å². The molecule has 0 aromatic heterocycles. The summed E-state index contributed by atoms with van der Waals surface area (Å²) in [7, 11) is 3.31. The van der Waals surface area contributed by atoms with Crippen LogP contribution in [0.2, 0.25) is 0 Å². The van der Waals surface area contributed by atoms with Gasteiger partial charge in [-0.2, -0.15) is 0 Å². The third kappa shape index (κ3) is 6.05. The van der Waals surface area contributed by atoms with E-state index in [0.29, 0.717) is 17.2 Å². The molecule has 40 heavy (non-hydrogen) atoms. The maximum atomic E-state index is 6.37. The lowest BCUT2D eigenvalue weighted by Crippen LogP contribution is -1.97. The SMILES string of the molecule is C=C(c1ccccc1)c1cc(Oc2ccc(OC)c(C(=C=Nc3ccccc3)c3ccccc3)c2)ccc1OC. The summed E-state index contributed by atoms with van der Waals surface area (Å²) in [6.45, 7) is 4.32. The van der Waals surface area contributed by atoms with E-state index in [2.05, 4.69) is 17.4 Å². The van der Waals surface area contributed by atoms with Crippen LogP contribution in [0.15, 0.2) is 139 Å². The van der Waals surface area contributed by atoms with Crippen molar-refractivity contribution in [3.05, 3.63) is 156 Å². The van der Waals surface area contributed by atoms with Crippen LogP contribution < -0.4 is 14.2 Å². The van der Waals surface area contributed by atoms with E-state index in [4.69, 9.17) is 14.2 Å². The Kier molecular flexibility index (Phi) is 8.21. The van der Waals surface area contributed by atoms with Gasteiger partial charge >= 0.3 is 0 Å². The van der Waals surface area contributed by atoms with E-state index < -0.39 is 0 Å². The average molecular weight is 524 g/mol. The molecule has 196 valence electrons. The first-order chi connectivity index (χ1) is 19.7. The van der Waals surface area contributed by atoms with Crippen LogP contribution in [0.4, 0.5) is 5.69 Å². The molecule has 0 spiro atoms. The Bertz CT molecular complexity index is 1670. The number of hydrogen-bond donors (Lipinski definition) is 0. The molecule has 0 N–H and O–H groups in total. The van der Waals surface area contributed by atoms with Crippen LogP contribution in [0, 0.1) is 0 Å². The minimum atomic E-state index is 0.646. The summed E-state index contributed by atoms with van der Waals surface area (Å²) in [4.78, 5) is 4.62. The topological polar surface area (TPSA) is 40.0 Å². The first kappa shape index (κ1) is 26.3. The number of benzene rings is 5. The lowest BCUT2D eigenvalue weighted by molar-refractivity contribution is 0.409. The Hall–Kier alpha value is -5.31. The van der Waals surface area contributed by atoms with Crippen LogP contribution in [0.5, 0.6) is 23.0 Å². The zero-order valence-corrected chi connectivity index (χ0v) is 22.5. The molecular formula is C36H29NO3. The normalized spacial score (nSPS) is 10.2. The van der Waals surface area contributed by atoms with Crippen LogP contribution in [0.3, 0.4) is 0 Å². The smallest absolute Gasteiger partial charge is 0.128 e. The average Bonchev–Trinajstić information content (AvgIpc) is 3.02. The third-order valence-electron chi connectivity index (χ3n) is 6.41. The highest BCUT2D eigenvalue weighted by molar-refractivity contribution is 6.01. The summed E-state index contributed by atoms with van der Waals surface area (Å²) in [6.07, 6.45) is 0. The van der Waals surface area contributed by atoms with Crippen molar-refractivity contribution in [2.24, 2.45) is 4.99 Å². The number of rotatable bonds is 9. The number of hydrogen-bond acceptors (Lipinski definition) is 4. The van der Waals surface area contributed by atoms with E-state index >= 15 is 0 Å². The van der Waals surface area contributed by atoms with Gasteiger partial charge in [-0.05, 0) is 71.1 Å². The van der Waals surface area contributed by atoms with Gasteiger partial charge in [0.05, 0.1) is 25.5 Å². The molecule has 0 amide bonds. The number of ether oxygens (including phenoxy) is 3. The maximum Gasteiger partial charge on any atom is 0.128 e. The second-order valence-corrected chi connectivity index (χ2v) is 8.97. The molecule has 0 aliphatic carbocycles. The van der Waals surface area contributed by atoms with Gasteiger partial charge in [-0.25, -0.2) is 4.99 Å². The number of aliphatic imine (C=N–C) groups is 1. The van der Waals surface area contributed by atoms with Crippen molar-refractivity contribution in [2.45, 2.75) is 0 Å². The first-order valence-corrected chi connectivity index (χ1v) is 12.9. The molecule has 0 fully saturated rings. The van der Waals surface area contributed by atoms with Gasteiger partial charge in [0.2, 0.25) is 0 Å². The fourth-order valence-electron chi connectivity index (χ4n) is 4.37. The molecule has 0 unspecified atom stereocenters. The Morgan fingerprint density at radius 1 is 0.600 bits per heavy atom.